The quantitative estimate of drug-likeness (QED) is 0.715. The van der Waals surface area contributed by atoms with Crippen LogP contribution in [0.5, 0.6) is 0 Å². The van der Waals surface area contributed by atoms with Gasteiger partial charge in [0.05, 0.1) is 10.7 Å². The first-order valence-electron chi connectivity index (χ1n) is 2.51. The molecule has 0 saturated carbocycles. The van der Waals surface area contributed by atoms with Gasteiger partial charge >= 0.3 is 0 Å². The van der Waals surface area contributed by atoms with Crippen molar-refractivity contribution in [3.63, 3.8) is 0 Å². The summed E-state index contributed by atoms with van der Waals surface area (Å²) in [6, 6.07) is 1.68. The molecule has 3 nitrogen and oxygen atoms in total. The van der Waals surface area contributed by atoms with Crippen molar-refractivity contribution in [2.24, 2.45) is 0 Å². The van der Waals surface area contributed by atoms with E-state index in [0.717, 1.165) is 0 Å². The molecule has 0 amide bonds. The van der Waals surface area contributed by atoms with E-state index in [1.807, 2.05) is 0 Å². The summed E-state index contributed by atoms with van der Waals surface area (Å²) < 4.78 is 2.68. The van der Waals surface area contributed by atoms with Gasteiger partial charge in [-0.25, -0.2) is 4.98 Å². The minimum absolute atomic E-state index is 0.418. The average Bonchev–Trinajstić information content (AvgIpc) is 1.94. The monoisotopic (exact) mass is 221 g/mol. The number of nitrogens with one attached hydrogen (secondary N) is 1. The van der Waals surface area contributed by atoms with Crippen molar-refractivity contribution in [2.45, 2.75) is 0 Å². The summed E-state index contributed by atoms with van der Waals surface area (Å²) in [5.41, 5.74) is 6.11. The van der Waals surface area contributed by atoms with Gasteiger partial charge in [-0.2, -0.15) is 0 Å². The summed E-state index contributed by atoms with van der Waals surface area (Å²) in [6.07, 6.45) is 1.49. The fourth-order valence-corrected chi connectivity index (χ4v) is 1.00. The Morgan fingerprint density at radius 3 is 2.90 bits per heavy atom. The number of pyridine rings is 1. The predicted octanol–water partition coefficient (Wildman–Crippen LogP) is 2.04. The highest BCUT2D eigenvalue weighted by atomic mass is 79.9. The molecule has 1 aromatic rings. The second kappa shape index (κ2) is 3.07. The molecule has 0 atom stereocenters. The Hall–Kier alpha value is -0.480. The molecule has 0 saturated heterocycles. The van der Waals surface area contributed by atoms with E-state index in [1.165, 1.54) is 6.20 Å². The molecule has 1 heterocycles. The third kappa shape index (κ3) is 1.52. The number of nitrogens with zero attached hydrogens (tertiary/aromatic N) is 1. The van der Waals surface area contributed by atoms with Crippen molar-refractivity contribution in [3.05, 3.63) is 17.3 Å². The highest BCUT2D eigenvalue weighted by Gasteiger charge is 1.97. The number of anilines is 2. The molecule has 1 aromatic heterocycles. The van der Waals surface area contributed by atoms with Crippen LogP contribution in [-0.4, -0.2) is 4.98 Å². The number of nitrogens with two attached hydrogens (primary N) is 1. The molecule has 10 heavy (non-hydrogen) atoms. The lowest BCUT2D eigenvalue weighted by Gasteiger charge is -2.00. The van der Waals surface area contributed by atoms with Gasteiger partial charge in [-0.1, -0.05) is 11.6 Å². The minimum atomic E-state index is 0.418. The molecule has 0 aliphatic rings. The van der Waals surface area contributed by atoms with E-state index >= 15 is 0 Å². The van der Waals surface area contributed by atoms with Gasteiger partial charge in [-0.05, 0) is 6.07 Å². The topological polar surface area (TPSA) is 50.9 Å². The molecule has 3 N–H and O–H groups in total. The smallest absolute Gasteiger partial charge is 0.147 e. The van der Waals surface area contributed by atoms with Crippen LogP contribution in [0.1, 0.15) is 0 Å². The van der Waals surface area contributed by atoms with E-state index in [4.69, 9.17) is 17.3 Å². The van der Waals surface area contributed by atoms with Gasteiger partial charge in [0, 0.05) is 22.3 Å². The molecule has 0 spiro atoms. The first-order chi connectivity index (χ1) is 4.74. The van der Waals surface area contributed by atoms with E-state index in [0.29, 0.717) is 16.5 Å². The maximum atomic E-state index is 5.62. The molecule has 0 unspecified atom stereocenters. The van der Waals surface area contributed by atoms with Crippen molar-refractivity contribution in [1.82, 2.24) is 4.98 Å². The van der Waals surface area contributed by atoms with Crippen LogP contribution < -0.4 is 10.1 Å². The van der Waals surface area contributed by atoms with E-state index < -0.39 is 0 Å². The van der Waals surface area contributed by atoms with Crippen LogP contribution in [-0.2, 0) is 0 Å². The summed E-state index contributed by atoms with van der Waals surface area (Å²) in [5, 5.41) is 0.552. The van der Waals surface area contributed by atoms with Crippen LogP contribution >= 0.6 is 27.7 Å². The third-order valence-electron chi connectivity index (χ3n) is 0.987. The van der Waals surface area contributed by atoms with Crippen molar-refractivity contribution in [2.75, 3.05) is 10.1 Å². The number of halogens is 2. The summed E-state index contributed by atoms with van der Waals surface area (Å²) in [6.45, 7) is 0. The fourth-order valence-electron chi connectivity index (χ4n) is 0.526. The zero-order valence-corrected chi connectivity index (χ0v) is 7.28. The van der Waals surface area contributed by atoms with Crippen molar-refractivity contribution >= 4 is 39.3 Å². The van der Waals surface area contributed by atoms with Gasteiger partial charge in [0.2, 0.25) is 0 Å². The summed E-state index contributed by atoms with van der Waals surface area (Å²) >= 11 is 8.63. The van der Waals surface area contributed by atoms with Gasteiger partial charge in [-0.3, -0.25) is 0 Å². The molecule has 0 bridgehead atoms. The van der Waals surface area contributed by atoms with Gasteiger partial charge in [0.15, 0.2) is 0 Å². The maximum Gasteiger partial charge on any atom is 0.147 e. The second-order valence-electron chi connectivity index (χ2n) is 1.68. The summed E-state index contributed by atoms with van der Waals surface area (Å²) in [5.74, 6) is 0.418. The fraction of sp³-hybridized carbons (Fsp3) is 0. The van der Waals surface area contributed by atoms with Gasteiger partial charge in [0.25, 0.3) is 0 Å². The highest BCUT2D eigenvalue weighted by molar-refractivity contribution is 9.10. The zero-order valence-electron chi connectivity index (χ0n) is 4.94. The van der Waals surface area contributed by atoms with Crippen molar-refractivity contribution in [3.8, 4) is 0 Å². The minimum Gasteiger partial charge on any atom is -0.382 e. The highest BCUT2D eigenvalue weighted by Crippen LogP contribution is 2.20. The molecule has 0 aliphatic heterocycles. The van der Waals surface area contributed by atoms with Crippen LogP contribution in [0.4, 0.5) is 11.5 Å². The molecule has 1 rings (SSSR count). The van der Waals surface area contributed by atoms with Crippen molar-refractivity contribution < 1.29 is 0 Å². The van der Waals surface area contributed by atoms with Crippen molar-refractivity contribution in [1.29, 1.82) is 0 Å². The first kappa shape index (κ1) is 7.63. The Bertz CT molecular complexity index is 240. The first-order valence-corrected chi connectivity index (χ1v) is 3.69. The van der Waals surface area contributed by atoms with Crippen LogP contribution in [0.25, 0.3) is 0 Å². The lowest BCUT2D eigenvalue weighted by Crippen LogP contribution is -1.93. The van der Waals surface area contributed by atoms with Gasteiger partial charge in [-0.15, -0.1) is 0 Å². The molecule has 0 aromatic carbocycles. The van der Waals surface area contributed by atoms with Crippen LogP contribution in [0.15, 0.2) is 12.3 Å². The number of hydrogen-bond donors (Lipinski definition) is 2. The van der Waals surface area contributed by atoms with E-state index in [-0.39, 0.29) is 0 Å². The Labute approximate surface area is 71.9 Å². The lowest BCUT2D eigenvalue weighted by molar-refractivity contribution is 1.34. The SMILES string of the molecule is Nc1ncc(Cl)cc1NBr. The Kier molecular flexibility index (Phi) is 2.34. The predicted molar refractivity (Wildman–Crippen MR) is 46.2 cm³/mol. The third-order valence-corrected chi connectivity index (χ3v) is 1.62. The summed E-state index contributed by atoms with van der Waals surface area (Å²) in [4.78, 5) is 3.80. The molecule has 0 fully saturated rings. The Balaban J connectivity index is 3.09. The van der Waals surface area contributed by atoms with E-state index in [1.54, 1.807) is 6.07 Å². The van der Waals surface area contributed by atoms with Gasteiger partial charge < -0.3 is 10.1 Å². The number of rotatable bonds is 1. The largest absolute Gasteiger partial charge is 0.382 e. The molecule has 5 heteroatoms. The van der Waals surface area contributed by atoms with Gasteiger partial charge in [0.1, 0.15) is 5.82 Å². The molecule has 0 radical (unpaired) electrons. The lowest BCUT2D eigenvalue weighted by atomic mass is 10.4. The Morgan fingerprint density at radius 2 is 2.40 bits per heavy atom. The van der Waals surface area contributed by atoms with Crippen LogP contribution in [0.2, 0.25) is 5.02 Å². The van der Waals surface area contributed by atoms with E-state index in [2.05, 4.69) is 25.5 Å². The summed E-state index contributed by atoms with van der Waals surface area (Å²) in [7, 11) is 0. The molecular formula is C5H5BrClN3. The number of nitrogen functional groups attached to an aromatic ring is 1. The van der Waals surface area contributed by atoms with Crippen LogP contribution in [0, 0.1) is 0 Å². The number of hydrogen-bond acceptors (Lipinski definition) is 3. The van der Waals surface area contributed by atoms with E-state index in [9.17, 15) is 0 Å². The molecular weight excluding hydrogens is 217 g/mol. The molecule has 0 aliphatic carbocycles. The molecule has 54 valence electrons. The zero-order chi connectivity index (χ0) is 7.56. The normalized spacial score (nSPS) is 9.40. The average molecular weight is 222 g/mol. The Morgan fingerprint density at radius 1 is 1.70 bits per heavy atom. The second-order valence-corrected chi connectivity index (χ2v) is 2.51. The number of aromatic nitrogens is 1. The maximum absolute atomic E-state index is 5.62. The standard InChI is InChI=1S/C5H5BrClN3/c6-10-4-1-3(7)2-9-5(4)8/h1-2,10H,(H2,8,9). The van der Waals surface area contributed by atoms with Crippen LogP contribution in [0.3, 0.4) is 0 Å².